The first-order chi connectivity index (χ1) is 13.1. The van der Waals surface area contributed by atoms with Crippen molar-refractivity contribution in [2.75, 3.05) is 5.32 Å². The second-order valence-electron chi connectivity index (χ2n) is 6.16. The Morgan fingerprint density at radius 1 is 1.11 bits per heavy atom. The van der Waals surface area contributed by atoms with Gasteiger partial charge in [0.15, 0.2) is 0 Å². The standard InChI is InChI=1S/C20H17ClFN5/c1-2-9-27-12-19-20(26-27)17(6-8-24-19)25-14-5-7-23-18(11-14)15-10-13(21)3-4-16(15)22/h3-8,10-12H,2,9H2,1H3,(H,23,25). The van der Waals surface area contributed by atoms with Gasteiger partial charge in [-0.3, -0.25) is 14.6 Å². The van der Waals surface area contributed by atoms with Crippen molar-refractivity contribution in [1.29, 1.82) is 0 Å². The third kappa shape index (κ3) is 3.61. The summed E-state index contributed by atoms with van der Waals surface area (Å²) in [6, 6.07) is 9.89. The summed E-state index contributed by atoms with van der Waals surface area (Å²) in [7, 11) is 0. The Balaban J connectivity index is 1.69. The molecule has 136 valence electrons. The minimum atomic E-state index is -0.367. The summed E-state index contributed by atoms with van der Waals surface area (Å²) >= 11 is 6.00. The number of nitrogens with zero attached hydrogens (tertiary/aromatic N) is 4. The molecule has 7 heteroatoms. The molecule has 0 amide bonds. The van der Waals surface area contributed by atoms with Crippen LogP contribution in [0.4, 0.5) is 15.8 Å². The lowest BCUT2D eigenvalue weighted by atomic mass is 10.1. The first kappa shape index (κ1) is 17.4. The number of anilines is 2. The molecule has 0 saturated heterocycles. The highest BCUT2D eigenvalue weighted by Gasteiger charge is 2.10. The van der Waals surface area contributed by atoms with Gasteiger partial charge in [-0.1, -0.05) is 18.5 Å². The van der Waals surface area contributed by atoms with Gasteiger partial charge in [0.25, 0.3) is 0 Å². The molecule has 27 heavy (non-hydrogen) atoms. The lowest BCUT2D eigenvalue weighted by molar-refractivity contribution is 0.609. The molecule has 0 spiro atoms. The Morgan fingerprint density at radius 2 is 1.96 bits per heavy atom. The van der Waals surface area contributed by atoms with E-state index in [1.54, 1.807) is 24.5 Å². The van der Waals surface area contributed by atoms with Crippen molar-refractivity contribution in [3.05, 3.63) is 65.8 Å². The fourth-order valence-electron chi connectivity index (χ4n) is 2.92. The molecule has 0 unspecified atom stereocenters. The molecule has 0 bridgehead atoms. The molecule has 4 aromatic rings. The van der Waals surface area contributed by atoms with E-state index in [-0.39, 0.29) is 5.82 Å². The lowest BCUT2D eigenvalue weighted by Gasteiger charge is -2.09. The molecule has 1 N–H and O–H groups in total. The van der Waals surface area contributed by atoms with Crippen LogP contribution in [0.1, 0.15) is 13.3 Å². The SMILES string of the molecule is CCCn1cc2nccc(Nc3ccnc(-c4cc(Cl)ccc4F)c3)c2n1. The molecule has 0 aliphatic heterocycles. The zero-order chi connectivity index (χ0) is 18.8. The van der Waals surface area contributed by atoms with Crippen LogP contribution in [0, 0.1) is 5.82 Å². The first-order valence-electron chi connectivity index (χ1n) is 8.64. The topological polar surface area (TPSA) is 55.6 Å². The molecule has 5 nitrogen and oxygen atoms in total. The highest BCUT2D eigenvalue weighted by atomic mass is 35.5. The number of pyridine rings is 2. The first-order valence-corrected chi connectivity index (χ1v) is 9.02. The van der Waals surface area contributed by atoms with E-state index in [1.807, 2.05) is 23.0 Å². The number of aryl methyl sites for hydroxylation is 1. The summed E-state index contributed by atoms with van der Waals surface area (Å²) in [5, 5.41) is 8.40. The lowest BCUT2D eigenvalue weighted by Crippen LogP contribution is -1.97. The second kappa shape index (κ2) is 7.32. The molecule has 3 heterocycles. The zero-order valence-corrected chi connectivity index (χ0v) is 15.4. The molecule has 0 aliphatic carbocycles. The van der Waals surface area contributed by atoms with Gasteiger partial charge in [-0.2, -0.15) is 5.10 Å². The van der Waals surface area contributed by atoms with Gasteiger partial charge < -0.3 is 5.32 Å². The molecule has 0 fully saturated rings. The normalized spacial score (nSPS) is 11.1. The van der Waals surface area contributed by atoms with Gasteiger partial charge in [0, 0.05) is 35.2 Å². The number of halogens is 2. The number of aromatic nitrogens is 4. The predicted octanol–water partition coefficient (Wildman–Crippen LogP) is 5.44. The average molecular weight is 382 g/mol. The van der Waals surface area contributed by atoms with Crippen LogP contribution in [0.5, 0.6) is 0 Å². The van der Waals surface area contributed by atoms with E-state index >= 15 is 0 Å². The Labute approximate surface area is 160 Å². The van der Waals surface area contributed by atoms with Gasteiger partial charge in [-0.05, 0) is 42.8 Å². The molecule has 0 radical (unpaired) electrons. The minimum absolute atomic E-state index is 0.359. The summed E-state index contributed by atoms with van der Waals surface area (Å²) in [6.45, 7) is 2.94. The van der Waals surface area contributed by atoms with Crippen LogP contribution in [0.15, 0.2) is 55.0 Å². The molecular formula is C20H17ClFN5. The summed E-state index contributed by atoms with van der Waals surface area (Å²) in [5.41, 5.74) is 4.08. The van der Waals surface area contributed by atoms with Crippen molar-refractivity contribution in [3.63, 3.8) is 0 Å². The van der Waals surface area contributed by atoms with Crippen molar-refractivity contribution in [2.45, 2.75) is 19.9 Å². The smallest absolute Gasteiger partial charge is 0.134 e. The Bertz CT molecular complexity index is 1110. The van der Waals surface area contributed by atoms with Gasteiger partial charge >= 0.3 is 0 Å². The molecular weight excluding hydrogens is 365 g/mol. The maximum absolute atomic E-state index is 14.2. The largest absolute Gasteiger partial charge is 0.353 e. The van der Waals surface area contributed by atoms with E-state index in [4.69, 9.17) is 11.6 Å². The van der Waals surface area contributed by atoms with E-state index in [2.05, 4.69) is 27.3 Å². The van der Waals surface area contributed by atoms with E-state index in [0.717, 1.165) is 35.4 Å². The monoisotopic (exact) mass is 381 g/mol. The Morgan fingerprint density at radius 3 is 2.81 bits per heavy atom. The van der Waals surface area contributed by atoms with Crippen LogP contribution in [-0.2, 0) is 6.54 Å². The van der Waals surface area contributed by atoms with Crippen LogP contribution < -0.4 is 5.32 Å². The number of fused-ring (bicyclic) bond motifs is 1. The molecule has 0 atom stereocenters. The second-order valence-corrected chi connectivity index (χ2v) is 6.60. The average Bonchev–Trinajstić information content (AvgIpc) is 3.08. The zero-order valence-electron chi connectivity index (χ0n) is 14.7. The maximum Gasteiger partial charge on any atom is 0.134 e. The van der Waals surface area contributed by atoms with E-state index in [9.17, 15) is 4.39 Å². The van der Waals surface area contributed by atoms with E-state index < -0.39 is 0 Å². The number of rotatable bonds is 5. The highest BCUT2D eigenvalue weighted by molar-refractivity contribution is 6.30. The van der Waals surface area contributed by atoms with E-state index in [1.165, 1.54) is 12.1 Å². The van der Waals surface area contributed by atoms with Crippen molar-refractivity contribution in [1.82, 2.24) is 19.7 Å². The van der Waals surface area contributed by atoms with Crippen LogP contribution in [-0.4, -0.2) is 19.7 Å². The summed E-state index contributed by atoms with van der Waals surface area (Å²) in [4.78, 5) is 8.65. The van der Waals surface area contributed by atoms with Gasteiger partial charge in [-0.15, -0.1) is 0 Å². The van der Waals surface area contributed by atoms with Crippen LogP contribution in [0.25, 0.3) is 22.3 Å². The van der Waals surface area contributed by atoms with Crippen molar-refractivity contribution < 1.29 is 4.39 Å². The van der Waals surface area contributed by atoms with Crippen LogP contribution in [0.2, 0.25) is 5.02 Å². The summed E-state index contributed by atoms with van der Waals surface area (Å²) in [5.74, 6) is -0.367. The van der Waals surface area contributed by atoms with Gasteiger partial charge in [0.05, 0.1) is 17.6 Å². The van der Waals surface area contributed by atoms with Crippen molar-refractivity contribution in [3.8, 4) is 11.3 Å². The fraction of sp³-hybridized carbons (Fsp3) is 0.150. The Hall–Kier alpha value is -2.99. The predicted molar refractivity (Wildman–Crippen MR) is 106 cm³/mol. The van der Waals surface area contributed by atoms with Gasteiger partial charge in [-0.25, -0.2) is 4.39 Å². The number of hydrogen-bond acceptors (Lipinski definition) is 4. The van der Waals surface area contributed by atoms with Gasteiger partial charge in [0.2, 0.25) is 0 Å². The summed E-state index contributed by atoms with van der Waals surface area (Å²) < 4.78 is 16.0. The fourth-order valence-corrected chi connectivity index (χ4v) is 3.09. The van der Waals surface area contributed by atoms with E-state index in [0.29, 0.717) is 16.3 Å². The van der Waals surface area contributed by atoms with Gasteiger partial charge in [0.1, 0.15) is 16.9 Å². The third-order valence-corrected chi connectivity index (χ3v) is 4.38. The molecule has 4 rings (SSSR count). The van der Waals surface area contributed by atoms with Crippen LogP contribution in [0.3, 0.4) is 0 Å². The quantitative estimate of drug-likeness (QED) is 0.500. The summed E-state index contributed by atoms with van der Waals surface area (Å²) in [6.07, 6.45) is 6.30. The molecule has 0 saturated carbocycles. The van der Waals surface area contributed by atoms with Crippen molar-refractivity contribution in [2.24, 2.45) is 0 Å². The maximum atomic E-state index is 14.2. The highest BCUT2D eigenvalue weighted by Crippen LogP contribution is 2.28. The molecule has 0 aliphatic rings. The minimum Gasteiger partial charge on any atom is -0.353 e. The van der Waals surface area contributed by atoms with Crippen molar-refractivity contribution >= 4 is 34.0 Å². The Kier molecular flexibility index (Phi) is 4.73. The number of hydrogen-bond donors (Lipinski definition) is 1. The van der Waals surface area contributed by atoms with Crippen LogP contribution >= 0.6 is 11.6 Å². The number of benzene rings is 1. The third-order valence-electron chi connectivity index (χ3n) is 4.15. The number of nitrogens with one attached hydrogen (secondary N) is 1. The molecule has 3 aromatic heterocycles. The molecule has 1 aromatic carbocycles.